The molecule has 0 saturated carbocycles. The summed E-state index contributed by atoms with van der Waals surface area (Å²) < 4.78 is 0. The molecule has 48 valence electrons. The zero-order valence-electron chi connectivity index (χ0n) is 5.64. The van der Waals surface area contributed by atoms with Gasteiger partial charge in [-0.15, -0.1) is 6.58 Å². The van der Waals surface area contributed by atoms with E-state index < -0.39 is 0 Å². The van der Waals surface area contributed by atoms with Crippen LogP contribution in [0, 0.1) is 0 Å². The van der Waals surface area contributed by atoms with Crippen molar-refractivity contribution in [3.05, 3.63) is 49.6 Å². The monoisotopic (exact) mass is 120 g/mol. The van der Waals surface area contributed by atoms with Crippen LogP contribution in [0.1, 0.15) is 6.42 Å². The van der Waals surface area contributed by atoms with Gasteiger partial charge in [0.05, 0.1) is 0 Å². The SMILES string of the molecule is C=CCC=C(C=C)C=C. The number of allylic oxidation sites excluding steroid dienone is 5. The van der Waals surface area contributed by atoms with Crippen LogP contribution in [0.3, 0.4) is 0 Å². The molecule has 0 radical (unpaired) electrons. The summed E-state index contributed by atoms with van der Waals surface area (Å²) in [5.74, 6) is 0. The van der Waals surface area contributed by atoms with E-state index in [-0.39, 0.29) is 0 Å². The highest BCUT2D eigenvalue weighted by Gasteiger charge is 1.77. The van der Waals surface area contributed by atoms with Crippen molar-refractivity contribution in [2.45, 2.75) is 6.42 Å². The lowest BCUT2D eigenvalue weighted by Crippen LogP contribution is -1.66. The third-order valence-corrected chi connectivity index (χ3v) is 0.992. The number of rotatable bonds is 4. The van der Waals surface area contributed by atoms with E-state index in [1.165, 1.54) is 0 Å². The van der Waals surface area contributed by atoms with Crippen molar-refractivity contribution in [3.8, 4) is 0 Å². The molecule has 0 amide bonds. The third-order valence-electron chi connectivity index (χ3n) is 0.992. The summed E-state index contributed by atoms with van der Waals surface area (Å²) in [6, 6.07) is 0. The fourth-order valence-electron chi connectivity index (χ4n) is 0.469. The Morgan fingerprint density at radius 1 is 1.11 bits per heavy atom. The molecule has 0 saturated heterocycles. The van der Waals surface area contributed by atoms with Crippen LogP contribution in [-0.4, -0.2) is 0 Å². The van der Waals surface area contributed by atoms with Gasteiger partial charge in [-0.25, -0.2) is 0 Å². The highest BCUT2D eigenvalue weighted by molar-refractivity contribution is 5.27. The van der Waals surface area contributed by atoms with Crippen LogP contribution in [0.2, 0.25) is 0 Å². The summed E-state index contributed by atoms with van der Waals surface area (Å²) in [5.41, 5.74) is 1.06. The Morgan fingerprint density at radius 3 is 2.00 bits per heavy atom. The van der Waals surface area contributed by atoms with Gasteiger partial charge in [0.25, 0.3) is 0 Å². The normalized spacial score (nSPS) is 7.56. The van der Waals surface area contributed by atoms with Gasteiger partial charge in [-0.1, -0.05) is 37.5 Å². The largest absolute Gasteiger partial charge is 0.103 e. The molecule has 0 spiro atoms. The summed E-state index contributed by atoms with van der Waals surface area (Å²) in [7, 11) is 0. The molecule has 0 heteroatoms. The lowest BCUT2D eigenvalue weighted by Gasteiger charge is -1.87. The van der Waals surface area contributed by atoms with Crippen LogP contribution in [0.25, 0.3) is 0 Å². The van der Waals surface area contributed by atoms with Crippen molar-refractivity contribution in [2.75, 3.05) is 0 Å². The van der Waals surface area contributed by atoms with Crippen molar-refractivity contribution in [1.82, 2.24) is 0 Å². The topological polar surface area (TPSA) is 0 Å². The molecule has 9 heavy (non-hydrogen) atoms. The molecule has 0 aliphatic rings. The molecule has 0 aromatic rings. The van der Waals surface area contributed by atoms with Crippen molar-refractivity contribution < 1.29 is 0 Å². The summed E-state index contributed by atoms with van der Waals surface area (Å²) in [6.45, 7) is 10.8. The predicted molar refractivity (Wildman–Crippen MR) is 43.3 cm³/mol. The Kier molecular flexibility index (Phi) is 4.51. The molecule has 0 rings (SSSR count). The van der Waals surface area contributed by atoms with E-state index in [2.05, 4.69) is 19.7 Å². The van der Waals surface area contributed by atoms with E-state index in [4.69, 9.17) is 0 Å². The second-order valence-corrected chi connectivity index (χ2v) is 1.64. The first-order chi connectivity index (χ1) is 4.35. The van der Waals surface area contributed by atoms with Gasteiger partial charge in [0, 0.05) is 0 Å². The molecule has 0 heterocycles. The Bertz CT molecular complexity index is 128. The molecule has 0 aliphatic heterocycles. The highest BCUT2D eigenvalue weighted by Crippen LogP contribution is 1.98. The predicted octanol–water partition coefficient (Wildman–Crippen LogP) is 2.86. The lowest BCUT2D eigenvalue weighted by molar-refractivity contribution is 1.38. The molecule has 0 fully saturated rings. The van der Waals surface area contributed by atoms with E-state index >= 15 is 0 Å². The Hall–Kier alpha value is -1.04. The molecule has 0 unspecified atom stereocenters. The Balaban J connectivity index is 3.89. The average Bonchev–Trinajstić information content (AvgIpc) is 1.91. The number of hydrogen-bond donors (Lipinski definition) is 0. The first-order valence-corrected chi connectivity index (χ1v) is 2.91. The van der Waals surface area contributed by atoms with Crippen LogP contribution in [0.4, 0.5) is 0 Å². The molecule has 0 atom stereocenters. The zero-order chi connectivity index (χ0) is 7.11. The molecular formula is C9H12. The standard InChI is InChI=1S/C9H12/c1-4-7-8-9(5-2)6-3/h4-6,8H,1-3,7H2. The Labute approximate surface area is 56.9 Å². The van der Waals surface area contributed by atoms with Crippen molar-refractivity contribution in [2.24, 2.45) is 0 Å². The molecule has 0 aliphatic carbocycles. The van der Waals surface area contributed by atoms with Crippen molar-refractivity contribution in [3.63, 3.8) is 0 Å². The van der Waals surface area contributed by atoms with Gasteiger partial charge >= 0.3 is 0 Å². The molecule has 0 nitrogen and oxygen atoms in total. The van der Waals surface area contributed by atoms with Crippen molar-refractivity contribution in [1.29, 1.82) is 0 Å². The minimum absolute atomic E-state index is 0.882. The van der Waals surface area contributed by atoms with Gasteiger partial charge in [0.2, 0.25) is 0 Å². The van der Waals surface area contributed by atoms with Crippen LogP contribution in [-0.2, 0) is 0 Å². The van der Waals surface area contributed by atoms with Crippen LogP contribution in [0.15, 0.2) is 49.6 Å². The quantitative estimate of drug-likeness (QED) is 0.395. The van der Waals surface area contributed by atoms with E-state index in [0.717, 1.165) is 12.0 Å². The highest BCUT2D eigenvalue weighted by atomic mass is 13.8. The maximum Gasteiger partial charge on any atom is -0.0163 e. The van der Waals surface area contributed by atoms with Crippen LogP contribution >= 0.6 is 0 Å². The molecule has 0 N–H and O–H groups in total. The summed E-state index contributed by atoms with van der Waals surface area (Å²) in [4.78, 5) is 0. The summed E-state index contributed by atoms with van der Waals surface area (Å²) in [5, 5.41) is 0. The number of hydrogen-bond acceptors (Lipinski definition) is 0. The summed E-state index contributed by atoms with van der Waals surface area (Å²) in [6.07, 6.45) is 8.29. The fraction of sp³-hybridized carbons (Fsp3) is 0.111. The molecule has 0 bridgehead atoms. The van der Waals surface area contributed by atoms with E-state index in [9.17, 15) is 0 Å². The zero-order valence-corrected chi connectivity index (χ0v) is 5.64. The first kappa shape index (κ1) is 7.96. The van der Waals surface area contributed by atoms with E-state index in [1.54, 1.807) is 12.2 Å². The van der Waals surface area contributed by atoms with E-state index in [1.807, 2.05) is 12.2 Å². The van der Waals surface area contributed by atoms with Gasteiger partial charge in [-0.2, -0.15) is 0 Å². The van der Waals surface area contributed by atoms with Gasteiger partial charge in [0.1, 0.15) is 0 Å². The lowest BCUT2D eigenvalue weighted by atomic mass is 10.2. The fourth-order valence-corrected chi connectivity index (χ4v) is 0.469. The van der Waals surface area contributed by atoms with Gasteiger partial charge in [-0.3, -0.25) is 0 Å². The van der Waals surface area contributed by atoms with Gasteiger partial charge in [-0.05, 0) is 12.0 Å². The van der Waals surface area contributed by atoms with Gasteiger partial charge < -0.3 is 0 Å². The second-order valence-electron chi connectivity index (χ2n) is 1.64. The average molecular weight is 120 g/mol. The third kappa shape index (κ3) is 3.53. The van der Waals surface area contributed by atoms with Crippen LogP contribution < -0.4 is 0 Å². The molecule has 0 aromatic carbocycles. The molecule has 0 aromatic heterocycles. The maximum atomic E-state index is 3.61. The van der Waals surface area contributed by atoms with Crippen LogP contribution in [0.5, 0.6) is 0 Å². The minimum atomic E-state index is 0.882. The Morgan fingerprint density at radius 2 is 1.67 bits per heavy atom. The minimum Gasteiger partial charge on any atom is -0.103 e. The first-order valence-electron chi connectivity index (χ1n) is 2.91. The molecular weight excluding hydrogens is 108 g/mol. The van der Waals surface area contributed by atoms with E-state index in [0.29, 0.717) is 0 Å². The van der Waals surface area contributed by atoms with Gasteiger partial charge in [0.15, 0.2) is 0 Å². The van der Waals surface area contributed by atoms with Crippen molar-refractivity contribution >= 4 is 0 Å². The summed E-state index contributed by atoms with van der Waals surface area (Å²) >= 11 is 0. The smallest absolute Gasteiger partial charge is 0.0163 e. The maximum absolute atomic E-state index is 3.61. The second kappa shape index (κ2) is 5.10.